The van der Waals surface area contributed by atoms with Crippen molar-refractivity contribution in [3.05, 3.63) is 45.7 Å². The van der Waals surface area contributed by atoms with Gasteiger partial charge in [-0.2, -0.15) is 0 Å². The monoisotopic (exact) mass is 496 g/mol. The van der Waals surface area contributed by atoms with Crippen LogP contribution in [0.2, 0.25) is 0 Å². The molecule has 3 amide bonds. The van der Waals surface area contributed by atoms with Crippen LogP contribution in [0.5, 0.6) is 5.75 Å². The Bertz CT molecular complexity index is 1340. The van der Waals surface area contributed by atoms with E-state index in [-0.39, 0.29) is 60.9 Å². The Labute approximate surface area is 204 Å². The number of rotatable bonds is 3. The molecule has 1 aromatic rings. The summed E-state index contributed by atoms with van der Waals surface area (Å²) >= 11 is 0. The first-order chi connectivity index (χ1) is 16.9. The van der Waals surface area contributed by atoms with Crippen LogP contribution >= 0.6 is 0 Å². The van der Waals surface area contributed by atoms with Crippen LogP contribution in [-0.2, 0) is 36.9 Å². The number of Topliss-reactive ketones (excluding diaryl/α,β-unsaturated/α-hetero) is 2. The smallest absolute Gasteiger partial charge is 0.255 e. The van der Waals surface area contributed by atoms with E-state index in [4.69, 9.17) is 5.73 Å². The van der Waals surface area contributed by atoms with Crippen molar-refractivity contribution in [1.82, 2.24) is 4.90 Å². The van der Waals surface area contributed by atoms with Crippen LogP contribution in [0.4, 0.5) is 0 Å². The van der Waals surface area contributed by atoms with E-state index in [1.54, 1.807) is 0 Å². The number of nitrogens with zero attached hydrogens (tertiary/aromatic N) is 1. The van der Waals surface area contributed by atoms with Crippen molar-refractivity contribution in [2.24, 2.45) is 23.5 Å². The lowest BCUT2D eigenvalue weighted by Gasteiger charge is -2.48. The maximum absolute atomic E-state index is 13.6. The molecule has 2 fully saturated rings. The van der Waals surface area contributed by atoms with Crippen molar-refractivity contribution < 1.29 is 44.4 Å². The zero-order chi connectivity index (χ0) is 26.3. The number of aliphatic hydroxyl groups excluding tert-OH is 2. The van der Waals surface area contributed by atoms with Gasteiger partial charge in [0.05, 0.1) is 12.1 Å². The quantitative estimate of drug-likeness (QED) is 0.289. The number of aromatic hydroxyl groups is 1. The highest BCUT2D eigenvalue weighted by Gasteiger charge is 2.62. The summed E-state index contributed by atoms with van der Waals surface area (Å²) in [6.45, 7) is 1.35. The highest BCUT2D eigenvalue weighted by Crippen LogP contribution is 2.53. The molecule has 5 rings (SSSR count). The van der Waals surface area contributed by atoms with E-state index in [0.717, 1.165) is 4.90 Å². The number of benzene rings is 1. The molecule has 1 aromatic carbocycles. The standard InChI is InChI=1S/C25H24N2O9/c1-9-13-7-11-6-12-10(8-27-15(29)4-5-16(27)30)2-3-14(28)18(12)21(32)17(11)22(33)25(13,36)23(34)19(20(9)31)24(26)35/h2-3,9,11,13,28,32,34,36H,4-8H2,1H3,(H2,26,35)/t9-,11?,13?,25-/m0/s1. The first-order valence-electron chi connectivity index (χ1n) is 11.5. The van der Waals surface area contributed by atoms with Crippen LogP contribution in [0, 0.1) is 17.8 Å². The van der Waals surface area contributed by atoms with E-state index in [9.17, 15) is 44.4 Å². The van der Waals surface area contributed by atoms with Crippen molar-refractivity contribution in [3.63, 3.8) is 0 Å². The van der Waals surface area contributed by atoms with Gasteiger partial charge in [0.2, 0.25) is 17.6 Å². The highest BCUT2D eigenvalue weighted by molar-refractivity contribution is 6.23. The number of phenols is 1. The molecule has 11 heteroatoms. The maximum Gasteiger partial charge on any atom is 0.255 e. The molecule has 36 heavy (non-hydrogen) atoms. The number of ketones is 2. The van der Waals surface area contributed by atoms with Crippen LogP contribution in [0.25, 0.3) is 5.76 Å². The lowest BCUT2D eigenvalue weighted by molar-refractivity contribution is -0.152. The largest absolute Gasteiger partial charge is 0.508 e. The number of carbonyl (C=O) groups excluding carboxylic acids is 5. The summed E-state index contributed by atoms with van der Waals surface area (Å²) in [5, 5.41) is 43.8. The topological polar surface area (TPSA) is 196 Å². The number of fused-ring (bicyclic) bond motifs is 3. The lowest BCUT2D eigenvalue weighted by atomic mass is 9.56. The molecule has 0 radical (unpaired) electrons. The average Bonchev–Trinajstić information content (AvgIpc) is 3.13. The Hall–Kier alpha value is -3.99. The van der Waals surface area contributed by atoms with E-state index in [1.807, 2.05) is 0 Å². The molecular weight excluding hydrogens is 472 g/mol. The zero-order valence-electron chi connectivity index (χ0n) is 19.3. The van der Waals surface area contributed by atoms with Crippen molar-refractivity contribution in [2.45, 2.75) is 44.8 Å². The Morgan fingerprint density at radius 1 is 1.11 bits per heavy atom. The fraction of sp³-hybridized carbons (Fsp3) is 0.400. The van der Waals surface area contributed by atoms with Crippen LogP contribution in [0.1, 0.15) is 42.9 Å². The van der Waals surface area contributed by atoms with E-state index < -0.39 is 57.9 Å². The molecule has 188 valence electrons. The predicted molar refractivity (Wildman–Crippen MR) is 121 cm³/mol. The van der Waals surface area contributed by atoms with Gasteiger partial charge in [0, 0.05) is 30.3 Å². The Balaban J connectivity index is 1.65. The summed E-state index contributed by atoms with van der Waals surface area (Å²) in [5.41, 5.74) is 2.33. The number of amides is 3. The van der Waals surface area contributed by atoms with Gasteiger partial charge in [-0.15, -0.1) is 0 Å². The van der Waals surface area contributed by atoms with Gasteiger partial charge in [-0.05, 0) is 36.0 Å². The number of hydrogen-bond donors (Lipinski definition) is 5. The van der Waals surface area contributed by atoms with Crippen LogP contribution < -0.4 is 5.73 Å². The molecule has 4 atom stereocenters. The summed E-state index contributed by atoms with van der Waals surface area (Å²) in [7, 11) is 0. The Kier molecular flexibility index (Phi) is 5.11. The molecule has 0 spiro atoms. The van der Waals surface area contributed by atoms with Crippen molar-refractivity contribution in [1.29, 1.82) is 0 Å². The molecule has 0 bridgehead atoms. The second-order valence-electron chi connectivity index (χ2n) is 9.81. The summed E-state index contributed by atoms with van der Waals surface area (Å²) in [6.07, 6.45) is 0.284. The molecule has 11 nitrogen and oxygen atoms in total. The van der Waals surface area contributed by atoms with Gasteiger partial charge in [-0.25, -0.2) is 0 Å². The SMILES string of the molecule is C[C@@H]1C(=O)C(C(N)=O)=C(O)[C@@]2(O)C(=O)C3=C(O)c4c(O)ccc(CN5C(=O)CCC5=O)c4CC3CC12. The number of primary amides is 1. The fourth-order valence-corrected chi connectivity index (χ4v) is 6.12. The van der Waals surface area contributed by atoms with Gasteiger partial charge in [0.1, 0.15) is 22.8 Å². The second-order valence-corrected chi connectivity index (χ2v) is 9.81. The molecule has 1 aliphatic heterocycles. The van der Waals surface area contributed by atoms with Gasteiger partial charge < -0.3 is 26.2 Å². The summed E-state index contributed by atoms with van der Waals surface area (Å²) < 4.78 is 0. The summed E-state index contributed by atoms with van der Waals surface area (Å²) in [5.74, 6) is -8.80. The van der Waals surface area contributed by atoms with E-state index >= 15 is 0 Å². The van der Waals surface area contributed by atoms with Crippen LogP contribution in [0.3, 0.4) is 0 Å². The van der Waals surface area contributed by atoms with E-state index in [1.165, 1.54) is 19.1 Å². The molecule has 3 aliphatic carbocycles. The average molecular weight is 496 g/mol. The van der Waals surface area contributed by atoms with Crippen molar-refractivity contribution >= 4 is 35.0 Å². The number of likely N-dealkylation sites (tertiary alicyclic amines) is 1. The minimum atomic E-state index is -2.66. The molecule has 4 aliphatic rings. The predicted octanol–water partition coefficient (Wildman–Crippen LogP) is 0.319. The number of carbonyl (C=O) groups is 5. The van der Waals surface area contributed by atoms with Gasteiger partial charge in [0.15, 0.2) is 11.4 Å². The second kappa shape index (κ2) is 7.76. The normalized spacial score (nSPS) is 29.9. The first-order valence-corrected chi connectivity index (χ1v) is 11.5. The van der Waals surface area contributed by atoms with Gasteiger partial charge in [-0.1, -0.05) is 13.0 Å². The van der Waals surface area contributed by atoms with E-state index in [0.29, 0.717) is 11.1 Å². The third-order valence-corrected chi connectivity index (χ3v) is 8.00. The van der Waals surface area contributed by atoms with E-state index in [2.05, 4.69) is 0 Å². The number of hydrogen-bond acceptors (Lipinski definition) is 9. The summed E-state index contributed by atoms with van der Waals surface area (Å²) in [4.78, 5) is 63.6. The highest BCUT2D eigenvalue weighted by atomic mass is 16.3. The van der Waals surface area contributed by atoms with Crippen molar-refractivity contribution in [3.8, 4) is 5.75 Å². The third kappa shape index (κ3) is 2.98. The molecule has 1 saturated heterocycles. The first kappa shape index (κ1) is 23.7. The molecule has 6 N–H and O–H groups in total. The number of phenolic OH excluding ortho intramolecular Hbond substituents is 1. The van der Waals surface area contributed by atoms with Gasteiger partial charge >= 0.3 is 0 Å². The summed E-state index contributed by atoms with van der Waals surface area (Å²) in [6, 6.07) is 2.80. The van der Waals surface area contributed by atoms with Crippen molar-refractivity contribution in [2.75, 3.05) is 0 Å². The molecule has 1 heterocycles. The van der Waals surface area contributed by atoms with Gasteiger partial charge in [-0.3, -0.25) is 28.9 Å². The van der Waals surface area contributed by atoms with Crippen LogP contribution in [0.15, 0.2) is 29.0 Å². The molecule has 2 unspecified atom stereocenters. The fourth-order valence-electron chi connectivity index (χ4n) is 6.12. The number of imide groups is 1. The van der Waals surface area contributed by atoms with Crippen LogP contribution in [-0.4, -0.2) is 60.2 Å². The molecule has 0 aromatic heterocycles. The zero-order valence-corrected chi connectivity index (χ0v) is 19.3. The molecule has 1 saturated carbocycles. The molecular formula is C25H24N2O9. The minimum absolute atomic E-state index is 0.0131. The number of nitrogens with two attached hydrogens (primary N) is 1. The number of aliphatic hydroxyl groups is 3. The maximum atomic E-state index is 13.6. The Morgan fingerprint density at radius 2 is 1.75 bits per heavy atom. The third-order valence-electron chi connectivity index (χ3n) is 8.00. The Morgan fingerprint density at radius 3 is 2.36 bits per heavy atom. The van der Waals surface area contributed by atoms with Gasteiger partial charge in [0.25, 0.3) is 5.91 Å². The lowest BCUT2D eigenvalue weighted by Crippen LogP contribution is -2.61. The minimum Gasteiger partial charge on any atom is -0.508 e.